The molecule has 4 nitrogen and oxygen atoms in total. The Morgan fingerprint density at radius 3 is 2.60 bits per heavy atom. The molecule has 90 valence electrons. The number of nitrogens with zero attached hydrogens (tertiary/aromatic N) is 1. The van der Waals surface area contributed by atoms with Gasteiger partial charge in [0, 0.05) is 38.8 Å². The lowest BCUT2D eigenvalue weighted by Crippen LogP contribution is -2.43. The number of nitrogens with two attached hydrogens (primary N) is 1. The second kappa shape index (κ2) is 7.17. The van der Waals surface area contributed by atoms with Gasteiger partial charge in [-0.1, -0.05) is 13.8 Å². The van der Waals surface area contributed by atoms with Gasteiger partial charge in [-0.2, -0.15) is 0 Å². The average molecular weight is 215 g/mol. The van der Waals surface area contributed by atoms with Gasteiger partial charge in [-0.05, 0) is 5.92 Å². The molecular formula is C11H25N3O. The summed E-state index contributed by atoms with van der Waals surface area (Å²) in [5, 5.41) is 3.41. The topological polar surface area (TPSA) is 50.5 Å². The molecule has 0 radical (unpaired) electrons. The third-order valence-electron chi connectivity index (χ3n) is 2.94. The van der Waals surface area contributed by atoms with Crippen LogP contribution in [-0.2, 0) is 4.74 Å². The van der Waals surface area contributed by atoms with Crippen molar-refractivity contribution >= 4 is 0 Å². The molecule has 1 aliphatic rings. The first-order chi connectivity index (χ1) is 7.20. The van der Waals surface area contributed by atoms with Crippen LogP contribution in [0.5, 0.6) is 0 Å². The van der Waals surface area contributed by atoms with Gasteiger partial charge in [0.05, 0.1) is 13.2 Å². The van der Waals surface area contributed by atoms with Crippen LogP contribution in [0.3, 0.4) is 0 Å². The molecular weight excluding hydrogens is 190 g/mol. The fraction of sp³-hybridized carbons (Fsp3) is 1.00. The van der Waals surface area contributed by atoms with Crippen molar-refractivity contribution in [1.82, 2.24) is 10.2 Å². The zero-order valence-electron chi connectivity index (χ0n) is 10.0. The summed E-state index contributed by atoms with van der Waals surface area (Å²) in [7, 11) is 0. The molecule has 1 saturated heterocycles. The van der Waals surface area contributed by atoms with E-state index in [4.69, 9.17) is 10.5 Å². The summed E-state index contributed by atoms with van der Waals surface area (Å²) in [6.07, 6.45) is 0. The van der Waals surface area contributed by atoms with Gasteiger partial charge in [0.1, 0.15) is 0 Å². The molecule has 1 unspecified atom stereocenters. The molecule has 1 rings (SSSR count). The van der Waals surface area contributed by atoms with E-state index in [1.807, 2.05) is 0 Å². The summed E-state index contributed by atoms with van der Waals surface area (Å²) in [6, 6.07) is 0.273. The summed E-state index contributed by atoms with van der Waals surface area (Å²) in [6.45, 7) is 11.3. The molecule has 1 atom stereocenters. The van der Waals surface area contributed by atoms with Crippen LogP contribution in [0, 0.1) is 5.92 Å². The van der Waals surface area contributed by atoms with Crippen LogP contribution in [0.2, 0.25) is 0 Å². The van der Waals surface area contributed by atoms with Crippen LogP contribution in [0.15, 0.2) is 0 Å². The van der Waals surface area contributed by atoms with Gasteiger partial charge in [-0.25, -0.2) is 0 Å². The molecule has 0 aromatic carbocycles. The van der Waals surface area contributed by atoms with E-state index in [2.05, 4.69) is 24.1 Å². The summed E-state index contributed by atoms with van der Waals surface area (Å²) in [5.41, 5.74) is 5.94. The van der Waals surface area contributed by atoms with Gasteiger partial charge < -0.3 is 15.8 Å². The fourth-order valence-corrected chi connectivity index (χ4v) is 1.57. The monoisotopic (exact) mass is 215 g/mol. The zero-order valence-corrected chi connectivity index (χ0v) is 10.0. The second-order valence-corrected chi connectivity index (χ2v) is 4.57. The maximum Gasteiger partial charge on any atom is 0.0594 e. The van der Waals surface area contributed by atoms with Crippen molar-refractivity contribution in [2.24, 2.45) is 11.7 Å². The van der Waals surface area contributed by atoms with Crippen LogP contribution in [0.1, 0.15) is 13.8 Å². The van der Waals surface area contributed by atoms with Crippen molar-refractivity contribution in [3.05, 3.63) is 0 Å². The normalized spacial score (nSPS) is 20.8. The van der Waals surface area contributed by atoms with Gasteiger partial charge >= 0.3 is 0 Å². The van der Waals surface area contributed by atoms with Crippen molar-refractivity contribution in [2.45, 2.75) is 19.9 Å². The molecule has 0 aromatic rings. The third-order valence-corrected chi connectivity index (χ3v) is 2.94. The first kappa shape index (κ1) is 12.9. The largest absolute Gasteiger partial charge is 0.379 e. The second-order valence-electron chi connectivity index (χ2n) is 4.57. The Kier molecular flexibility index (Phi) is 6.17. The Morgan fingerprint density at radius 2 is 2.00 bits per heavy atom. The summed E-state index contributed by atoms with van der Waals surface area (Å²) >= 11 is 0. The van der Waals surface area contributed by atoms with E-state index in [9.17, 15) is 0 Å². The first-order valence-corrected chi connectivity index (χ1v) is 5.96. The molecule has 1 fully saturated rings. The van der Waals surface area contributed by atoms with Gasteiger partial charge in [0.15, 0.2) is 0 Å². The summed E-state index contributed by atoms with van der Waals surface area (Å²) in [5.74, 6) is 0.556. The number of rotatable bonds is 6. The molecule has 0 saturated carbocycles. The number of ether oxygens (including phenoxy) is 1. The Hall–Kier alpha value is -0.160. The van der Waals surface area contributed by atoms with Crippen LogP contribution in [0.25, 0.3) is 0 Å². The highest BCUT2D eigenvalue weighted by Crippen LogP contribution is 1.97. The van der Waals surface area contributed by atoms with Crippen molar-refractivity contribution in [2.75, 3.05) is 45.9 Å². The fourth-order valence-electron chi connectivity index (χ4n) is 1.57. The van der Waals surface area contributed by atoms with Crippen molar-refractivity contribution < 1.29 is 4.74 Å². The molecule has 0 amide bonds. The molecule has 1 heterocycles. The quantitative estimate of drug-likeness (QED) is 0.607. The number of morpholine rings is 1. The smallest absolute Gasteiger partial charge is 0.0594 e. The first-order valence-electron chi connectivity index (χ1n) is 5.96. The molecule has 15 heavy (non-hydrogen) atoms. The van der Waals surface area contributed by atoms with Crippen LogP contribution < -0.4 is 11.1 Å². The van der Waals surface area contributed by atoms with Crippen LogP contribution in [0.4, 0.5) is 0 Å². The lowest BCUT2D eigenvalue weighted by molar-refractivity contribution is 0.0384. The Labute approximate surface area is 93.1 Å². The van der Waals surface area contributed by atoms with E-state index in [1.165, 1.54) is 0 Å². The Bertz CT molecular complexity index is 158. The highest BCUT2D eigenvalue weighted by atomic mass is 16.5. The van der Waals surface area contributed by atoms with Gasteiger partial charge in [0.25, 0.3) is 0 Å². The van der Waals surface area contributed by atoms with Crippen molar-refractivity contribution in [3.63, 3.8) is 0 Å². The third kappa shape index (κ3) is 5.47. The van der Waals surface area contributed by atoms with E-state index < -0.39 is 0 Å². The van der Waals surface area contributed by atoms with Gasteiger partial charge in [0.2, 0.25) is 0 Å². The lowest BCUT2D eigenvalue weighted by Gasteiger charge is -2.27. The molecule has 4 heteroatoms. The number of hydrogen-bond acceptors (Lipinski definition) is 4. The molecule has 1 aliphatic heterocycles. The van der Waals surface area contributed by atoms with E-state index in [-0.39, 0.29) is 6.04 Å². The maximum atomic E-state index is 5.94. The van der Waals surface area contributed by atoms with Crippen molar-refractivity contribution in [1.29, 1.82) is 0 Å². The average Bonchev–Trinajstić information content (AvgIpc) is 2.25. The summed E-state index contributed by atoms with van der Waals surface area (Å²) in [4.78, 5) is 2.43. The van der Waals surface area contributed by atoms with Crippen LogP contribution in [-0.4, -0.2) is 56.9 Å². The number of hydrogen-bond donors (Lipinski definition) is 2. The Balaban J connectivity index is 1.96. The zero-order chi connectivity index (χ0) is 11.1. The molecule has 3 N–H and O–H groups in total. The van der Waals surface area contributed by atoms with Gasteiger partial charge in [-0.3, -0.25) is 4.90 Å². The highest BCUT2D eigenvalue weighted by molar-refractivity contribution is 4.69. The SMILES string of the molecule is CC(C)C(N)CNCCN1CCOCC1. The molecule has 0 spiro atoms. The molecule has 0 aliphatic carbocycles. The minimum Gasteiger partial charge on any atom is -0.379 e. The predicted octanol–water partition coefficient (Wildman–Crippen LogP) is -0.108. The maximum absolute atomic E-state index is 5.94. The Morgan fingerprint density at radius 1 is 1.33 bits per heavy atom. The van der Waals surface area contributed by atoms with E-state index >= 15 is 0 Å². The summed E-state index contributed by atoms with van der Waals surface area (Å²) < 4.78 is 5.29. The van der Waals surface area contributed by atoms with E-state index in [0.29, 0.717) is 5.92 Å². The number of nitrogens with one attached hydrogen (secondary N) is 1. The van der Waals surface area contributed by atoms with Crippen LogP contribution >= 0.6 is 0 Å². The minimum absolute atomic E-state index is 0.273. The predicted molar refractivity (Wildman–Crippen MR) is 62.9 cm³/mol. The lowest BCUT2D eigenvalue weighted by atomic mass is 10.1. The standard InChI is InChI=1S/C11H25N3O/c1-10(2)11(12)9-13-3-4-14-5-7-15-8-6-14/h10-11,13H,3-9,12H2,1-2H3. The van der Waals surface area contributed by atoms with E-state index in [1.54, 1.807) is 0 Å². The molecule has 0 bridgehead atoms. The van der Waals surface area contributed by atoms with Crippen molar-refractivity contribution in [3.8, 4) is 0 Å². The van der Waals surface area contributed by atoms with E-state index in [0.717, 1.165) is 45.9 Å². The highest BCUT2D eigenvalue weighted by Gasteiger charge is 2.10. The molecule has 0 aromatic heterocycles. The minimum atomic E-state index is 0.273. The van der Waals surface area contributed by atoms with Gasteiger partial charge in [-0.15, -0.1) is 0 Å².